The first kappa shape index (κ1) is 18.3. The molecule has 1 aliphatic carbocycles. The van der Waals surface area contributed by atoms with Gasteiger partial charge in [0.2, 0.25) is 5.91 Å². The molecule has 0 unspecified atom stereocenters. The molecule has 1 aliphatic heterocycles. The van der Waals surface area contributed by atoms with Crippen LogP contribution in [-0.4, -0.2) is 71.1 Å². The van der Waals surface area contributed by atoms with Gasteiger partial charge in [-0.25, -0.2) is 9.97 Å². The molecule has 1 saturated heterocycles. The number of aromatic nitrogens is 2. The molecule has 2 aliphatic rings. The van der Waals surface area contributed by atoms with Crippen LogP contribution < -0.4 is 0 Å². The molecule has 1 saturated carbocycles. The third-order valence-corrected chi connectivity index (χ3v) is 5.41. The van der Waals surface area contributed by atoms with Gasteiger partial charge in [-0.15, -0.1) is 0 Å². The van der Waals surface area contributed by atoms with Crippen LogP contribution in [0.15, 0.2) is 12.4 Å². The van der Waals surface area contributed by atoms with E-state index < -0.39 is 0 Å². The van der Waals surface area contributed by atoms with Crippen molar-refractivity contribution in [3.05, 3.63) is 23.8 Å². The van der Waals surface area contributed by atoms with Crippen molar-refractivity contribution in [2.24, 2.45) is 0 Å². The van der Waals surface area contributed by atoms with E-state index in [1.165, 1.54) is 25.7 Å². The number of aryl methyl sites for hydroxylation is 2. The molecule has 2 heterocycles. The van der Waals surface area contributed by atoms with Gasteiger partial charge in [0, 0.05) is 30.5 Å². The molecule has 2 fully saturated rings. The fraction of sp³-hybridized carbons (Fsp3) is 0.737. The number of carbonyl (C=O) groups is 1. The van der Waals surface area contributed by atoms with Crippen molar-refractivity contribution in [1.82, 2.24) is 19.8 Å². The third-order valence-electron chi connectivity index (χ3n) is 5.41. The Hall–Kier alpha value is -1.53. The van der Waals surface area contributed by atoms with Crippen molar-refractivity contribution in [3.63, 3.8) is 0 Å². The highest BCUT2D eigenvalue weighted by Gasteiger charge is 2.27. The van der Waals surface area contributed by atoms with E-state index >= 15 is 0 Å². The minimum atomic E-state index is 0.102. The fourth-order valence-corrected chi connectivity index (χ4v) is 3.86. The molecule has 6 heteroatoms. The Bertz CT molecular complexity index is 574. The summed E-state index contributed by atoms with van der Waals surface area (Å²) in [6.45, 7) is 4.54. The van der Waals surface area contributed by atoms with E-state index in [0.717, 1.165) is 24.2 Å². The number of ether oxygens (including phenoxy) is 1. The van der Waals surface area contributed by atoms with Gasteiger partial charge < -0.3 is 9.64 Å². The molecule has 3 rings (SSSR count). The van der Waals surface area contributed by atoms with Gasteiger partial charge in [-0.2, -0.15) is 0 Å². The number of morpholine rings is 1. The van der Waals surface area contributed by atoms with Crippen molar-refractivity contribution in [2.75, 3.05) is 33.3 Å². The standard InChI is InChI=1S/C19H30N4O2/c1-15-11-16(21-14-20-15)7-8-18-12-23(9-10-25-18)19(24)13-22(2)17-5-3-4-6-17/h11,14,17-18H,3-10,12-13H2,1-2H3/t18-/m1/s1. The molecule has 1 amide bonds. The van der Waals surface area contributed by atoms with E-state index in [0.29, 0.717) is 32.3 Å². The lowest BCUT2D eigenvalue weighted by Crippen LogP contribution is -2.49. The minimum absolute atomic E-state index is 0.102. The summed E-state index contributed by atoms with van der Waals surface area (Å²) in [6.07, 6.45) is 8.51. The molecule has 25 heavy (non-hydrogen) atoms. The van der Waals surface area contributed by atoms with E-state index in [-0.39, 0.29) is 12.0 Å². The molecule has 0 aromatic carbocycles. The number of likely N-dealkylation sites (N-methyl/N-ethyl adjacent to an activating group) is 1. The first-order chi connectivity index (χ1) is 12.1. The summed E-state index contributed by atoms with van der Waals surface area (Å²) in [5.41, 5.74) is 2.03. The average molecular weight is 346 g/mol. The Morgan fingerprint density at radius 1 is 1.36 bits per heavy atom. The van der Waals surface area contributed by atoms with Crippen molar-refractivity contribution in [1.29, 1.82) is 0 Å². The van der Waals surface area contributed by atoms with Crippen molar-refractivity contribution in [3.8, 4) is 0 Å². The Labute approximate surface area is 150 Å². The lowest BCUT2D eigenvalue weighted by atomic mass is 10.1. The first-order valence-electron chi connectivity index (χ1n) is 9.49. The van der Waals surface area contributed by atoms with Gasteiger partial charge in [0.15, 0.2) is 0 Å². The van der Waals surface area contributed by atoms with Gasteiger partial charge in [0.25, 0.3) is 0 Å². The van der Waals surface area contributed by atoms with Crippen LogP contribution in [0.1, 0.15) is 43.5 Å². The largest absolute Gasteiger partial charge is 0.375 e. The smallest absolute Gasteiger partial charge is 0.236 e. The van der Waals surface area contributed by atoms with Crippen molar-refractivity contribution in [2.45, 2.75) is 57.6 Å². The van der Waals surface area contributed by atoms with Crippen LogP contribution in [0, 0.1) is 6.92 Å². The van der Waals surface area contributed by atoms with Gasteiger partial charge in [-0.3, -0.25) is 9.69 Å². The van der Waals surface area contributed by atoms with Crippen LogP contribution >= 0.6 is 0 Å². The van der Waals surface area contributed by atoms with E-state index in [9.17, 15) is 4.79 Å². The minimum Gasteiger partial charge on any atom is -0.375 e. The number of nitrogens with zero attached hydrogens (tertiary/aromatic N) is 4. The molecule has 138 valence electrons. The van der Waals surface area contributed by atoms with Crippen LogP contribution in [0.2, 0.25) is 0 Å². The maximum Gasteiger partial charge on any atom is 0.236 e. The normalized spacial score (nSPS) is 21.9. The molecular formula is C19H30N4O2. The monoisotopic (exact) mass is 346 g/mol. The van der Waals surface area contributed by atoms with Gasteiger partial charge >= 0.3 is 0 Å². The summed E-state index contributed by atoms with van der Waals surface area (Å²) in [6, 6.07) is 2.60. The van der Waals surface area contributed by atoms with Crippen LogP contribution in [0.5, 0.6) is 0 Å². The lowest BCUT2D eigenvalue weighted by molar-refractivity contribution is -0.140. The average Bonchev–Trinajstić information content (AvgIpc) is 3.15. The predicted octanol–water partition coefficient (Wildman–Crippen LogP) is 1.82. The summed E-state index contributed by atoms with van der Waals surface area (Å²) in [7, 11) is 2.09. The van der Waals surface area contributed by atoms with Gasteiger partial charge in [0.05, 0.1) is 19.3 Å². The molecule has 0 radical (unpaired) electrons. The molecule has 0 N–H and O–H groups in total. The number of hydrogen-bond donors (Lipinski definition) is 0. The second-order valence-corrected chi connectivity index (χ2v) is 7.38. The first-order valence-corrected chi connectivity index (χ1v) is 9.49. The predicted molar refractivity (Wildman–Crippen MR) is 96.3 cm³/mol. The second-order valence-electron chi connectivity index (χ2n) is 7.38. The quantitative estimate of drug-likeness (QED) is 0.786. The summed E-state index contributed by atoms with van der Waals surface area (Å²) in [4.78, 5) is 25.3. The van der Waals surface area contributed by atoms with E-state index in [2.05, 4.69) is 21.9 Å². The summed E-state index contributed by atoms with van der Waals surface area (Å²) in [5.74, 6) is 0.237. The zero-order valence-corrected chi connectivity index (χ0v) is 15.5. The highest BCUT2D eigenvalue weighted by molar-refractivity contribution is 5.78. The number of amides is 1. The SMILES string of the molecule is Cc1cc(CC[C@@H]2CN(C(=O)CN(C)C3CCCC3)CCO2)ncn1. The summed E-state index contributed by atoms with van der Waals surface area (Å²) >= 11 is 0. The Morgan fingerprint density at radius 3 is 2.92 bits per heavy atom. The second kappa shape index (κ2) is 8.72. The Balaban J connectivity index is 1.46. The lowest BCUT2D eigenvalue weighted by Gasteiger charge is -2.34. The van der Waals surface area contributed by atoms with Crippen LogP contribution in [-0.2, 0) is 16.0 Å². The summed E-state index contributed by atoms with van der Waals surface area (Å²) in [5, 5.41) is 0. The molecule has 0 bridgehead atoms. The highest BCUT2D eigenvalue weighted by atomic mass is 16.5. The molecule has 0 spiro atoms. The number of carbonyl (C=O) groups excluding carboxylic acids is 1. The van der Waals surface area contributed by atoms with Crippen LogP contribution in [0.3, 0.4) is 0 Å². The number of hydrogen-bond acceptors (Lipinski definition) is 5. The van der Waals surface area contributed by atoms with Crippen molar-refractivity contribution < 1.29 is 9.53 Å². The molecule has 1 aromatic heterocycles. The maximum absolute atomic E-state index is 12.6. The molecule has 1 aromatic rings. The molecule has 1 atom stereocenters. The zero-order chi connectivity index (χ0) is 17.6. The van der Waals surface area contributed by atoms with E-state index in [4.69, 9.17) is 4.74 Å². The van der Waals surface area contributed by atoms with E-state index in [1.807, 2.05) is 17.9 Å². The highest BCUT2D eigenvalue weighted by Crippen LogP contribution is 2.22. The van der Waals surface area contributed by atoms with Crippen LogP contribution in [0.4, 0.5) is 0 Å². The number of rotatable bonds is 6. The molecule has 6 nitrogen and oxygen atoms in total. The maximum atomic E-state index is 12.6. The fourth-order valence-electron chi connectivity index (χ4n) is 3.86. The Kier molecular flexibility index (Phi) is 6.37. The zero-order valence-electron chi connectivity index (χ0n) is 15.5. The third kappa shape index (κ3) is 5.22. The van der Waals surface area contributed by atoms with Crippen LogP contribution in [0.25, 0.3) is 0 Å². The topological polar surface area (TPSA) is 58.6 Å². The van der Waals surface area contributed by atoms with Gasteiger partial charge in [-0.05, 0) is 45.7 Å². The van der Waals surface area contributed by atoms with Gasteiger partial charge in [0.1, 0.15) is 6.33 Å². The summed E-state index contributed by atoms with van der Waals surface area (Å²) < 4.78 is 5.86. The molecular weight excluding hydrogens is 316 g/mol. The van der Waals surface area contributed by atoms with Crippen molar-refractivity contribution >= 4 is 5.91 Å². The van der Waals surface area contributed by atoms with E-state index in [1.54, 1.807) is 6.33 Å². The van der Waals surface area contributed by atoms with Gasteiger partial charge in [-0.1, -0.05) is 12.8 Å². The Morgan fingerprint density at radius 2 is 2.16 bits per heavy atom.